The van der Waals surface area contributed by atoms with Gasteiger partial charge >= 0.3 is 0 Å². The second kappa shape index (κ2) is 4.71. The predicted octanol–water partition coefficient (Wildman–Crippen LogP) is 3.54. The van der Waals surface area contributed by atoms with Crippen molar-refractivity contribution in [2.45, 2.75) is 12.3 Å². The summed E-state index contributed by atoms with van der Waals surface area (Å²) in [6, 6.07) is 7.71. The highest BCUT2D eigenvalue weighted by molar-refractivity contribution is 7.13. The summed E-state index contributed by atoms with van der Waals surface area (Å²) in [6.07, 6.45) is 2.54. The lowest BCUT2D eigenvalue weighted by Gasteiger charge is -2.03. The van der Waals surface area contributed by atoms with Crippen molar-refractivity contribution in [1.82, 2.24) is 4.98 Å². The van der Waals surface area contributed by atoms with E-state index in [1.165, 1.54) is 11.3 Å². The minimum atomic E-state index is 0.0220. The Hall–Kier alpha value is -1.39. The predicted molar refractivity (Wildman–Crippen MR) is 73.0 cm³/mol. The highest BCUT2D eigenvalue weighted by atomic mass is 35.5. The van der Waals surface area contributed by atoms with Crippen LogP contribution in [0.1, 0.15) is 17.9 Å². The molecule has 1 heterocycles. The molecule has 3 rings (SSSR count). The summed E-state index contributed by atoms with van der Waals surface area (Å²) < 4.78 is 0. The number of halogens is 1. The molecule has 5 heteroatoms. The highest BCUT2D eigenvalue weighted by Crippen LogP contribution is 2.49. The molecule has 2 atom stereocenters. The van der Waals surface area contributed by atoms with Gasteiger partial charge in [-0.3, -0.25) is 4.79 Å². The van der Waals surface area contributed by atoms with Crippen LogP contribution in [-0.2, 0) is 4.79 Å². The molecule has 1 N–H and O–H groups in total. The first-order chi connectivity index (χ1) is 8.75. The Morgan fingerprint density at radius 2 is 2.28 bits per heavy atom. The Morgan fingerprint density at radius 3 is 3.00 bits per heavy atom. The number of hydrogen-bond donors (Lipinski definition) is 1. The van der Waals surface area contributed by atoms with Crippen molar-refractivity contribution in [2.75, 3.05) is 5.32 Å². The fourth-order valence-corrected chi connectivity index (χ4v) is 2.90. The van der Waals surface area contributed by atoms with Crippen molar-refractivity contribution >= 4 is 34.0 Å². The van der Waals surface area contributed by atoms with Crippen LogP contribution in [0.4, 0.5) is 5.13 Å². The Morgan fingerprint density at radius 1 is 1.44 bits per heavy atom. The number of thiazole rings is 1. The van der Waals surface area contributed by atoms with Gasteiger partial charge in [0.05, 0.1) is 0 Å². The molecule has 2 aromatic rings. The third kappa shape index (κ3) is 2.26. The molecular formula is C13H11ClN2OS. The van der Waals surface area contributed by atoms with Crippen LogP contribution in [0.25, 0.3) is 0 Å². The molecule has 0 spiro atoms. The van der Waals surface area contributed by atoms with Crippen molar-refractivity contribution < 1.29 is 4.79 Å². The topological polar surface area (TPSA) is 42.0 Å². The number of carbonyl (C=O) groups excluding carboxylic acids is 1. The van der Waals surface area contributed by atoms with E-state index in [1.54, 1.807) is 6.20 Å². The summed E-state index contributed by atoms with van der Waals surface area (Å²) in [6.45, 7) is 0. The number of anilines is 1. The van der Waals surface area contributed by atoms with E-state index in [-0.39, 0.29) is 17.7 Å². The lowest BCUT2D eigenvalue weighted by atomic mass is 10.1. The zero-order valence-electron chi connectivity index (χ0n) is 9.47. The number of rotatable bonds is 3. The summed E-state index contributed by atoms with van der Waals surface area (Å²) in [5.41, 5.74) is 1.07. The van der Waals surface area contributed by atoms with Gasteiger partial charge in [-0.1, -0.05) is 29.8 Å². The maximum atomic E-state index is 12.0. The van der Waals surface area contributed by atoms with Crippen LogP contribution in [0.15, 0.2) is 35.8 Å². The van der Waals surface area contributed by atoms with E-state index < -0.39 is 0 Å². The summed E-state index contributed by atoms with van der Waals surface area (Å²) in [5, 5.41) is 6.07. The Balaban J connectivity index is 1.67. The van der Waals surface area contributed by atoms with E-state index in [0.29, 0.717) is 5.13 Å². The van der Waals surface area contributed by atoms with Gasteiger partial charge in [-0.25, -0.2) is 4.98 Å². The molecule has 0 saturated heterocycles. The molecule has 1 fully saturated rings. The molecule has 0 unspecified atom stereocenters. The first-order valence-corrected chi connectivity index (χ1v) is 6.96. The van der Waals surface area contributed by atoms with Crippen molar-refractivity contribution in [3.05, 3.63) is 46.4 Å². The second-order valence-corrected chi connectivity index (χ2v) is 5.60. The van der Waals surface area contributed by atoms with E-state index >= 15 is 0 Å². The van der Waals surface area contributed by atoms with Gasteiger partial charge in [0.15, 0.2) is 5.13 Å². The smallest absolute Gasteiger partial charge is 0.229 e. The van der Waals surface area contributed by atoms with Crippen LogP contribution >= 0.6 is 22.9 Å². The van der Waals surface area contributed by atoms with E-state index in [4.69, 9.17) is 11.6 Å². The van der Waals surface area contributed by atoms with Crippen LogP contribution in [0, 0.1) is 5.92 Å². The number of hydrogen-bond acceptors (Lipinski definition) is 3. The molecule has 3 nitrogen and oxygen atoms in total. The highest BCUT2D eigenvalue weighted by Gasteiger charge is 2.44. The largest absolute Gasteiger partial charge is 0.302 e. The number of amides is 1. The van der Waals surface area contributed by atoms with E-state index in [2.05, 4.69) is 10.3 Å². The molecular weight excluding hydrogens is 268 g/mol. The third-order valence-electron chi connectivity index (χ3n) is 3.09. The zero-order chi connectivity index (χ0) is 12.5. The quantitative estimate of drug-likeness (QED) is 0.933. The Bertz CT molecular complexity index is 570. The van der Waals surface area contributed by atoms with E-state index in [9.17, 15) is 4.79 Å². The molecule has 1 aliphatic carbocycles. The standard InChI is InChI=1S/C13H11ClN2OS/c14-11-4-2-1-3-8(11)9-7-10(9)12(17)16-13-15-5-6-18-13/h1-6,9-10H,7H2,(H,15,16,17)/t9-,10+/m0/s1. The van der Waals surface area contributed by atoms with Crippen molar-refractivity contribution in [3.63, 3.8) is 0 Å². The summed E-state index contributed by atoms with van der Waals surface area (Å²) in [5.74, 6) is 0.308. The van der Waals surface area contributed by atoms with E-state index in [1.807, 2.05) is 29.6 Å². The van der Waals surface area contributed by atoms with E-state index in [0.717, 1.165) is 17.0 Å². The van der Waals surface area contributed by atoms with Gasteiger partial charge in [-0.2, -0.15) is 0 Å². The SMILES string of the molecule is O=C(Nc1nccs1)[C@@H]1C[C@H]1c1ccccc1Cl. The number of aromatic nitrogens is 1. The maximum Gasteiger partial charge on any atom is 0.229 e. The molecule has 0 radical (unpaired) electrons. The van der Waals surface area contributed by atoms with Gasteiger partial charge in [-0.05, 0) is 24.0 Å². The fourth-order valence-electron chi connectivity index (χ4n) is 2.09. The van der Waals surface area contributed by atoms with Crippen LogP contribution in [0.3, 0.4) is 0 Å². The van der Waals surface area contributed by atoms with Crippen LogP contribution < -0.4 is 5.32 Å². The van der Waals surface area contributed by atoms with Crippen molar-refractivity contribution in [3.8, 4) is 0 Å². The van der Waals surface area contributed by atoms with Crippen LogP contribution in [0.5, 0.6) is 0 Å². The first kappa shape index (κ1) is 11.7. The maximum absolute atomic E-state index is 12.0. The van der Waals surface area contributed by atoms with Crippen molar-refractivity contribution in [1.29, 1.82) is 0 Å². The molecule has 18 heavy (non-hydrogen) atoms. The van der Waals surface area contributed by atoms with Gasteiger partial charge < -0.3 is 5.32 Å². The van der Waals surface area contributed by atoms with Crippen molar-refractivity contribution in [2.24, 2.45) is 5.92 Å². The molecule has 92 valence electrons. The molecule has 1 amide bonds. The second-order valence-electron chi connectivity index (χ2n) is 4.30. The monoisotopic (exact) mass is 278 g/mol. The Kier molecular flexibility index (Phi) is 3.06. The number of benzene rings is 1. The summed E-state index contributed by atoms with van der Waals surface area (Å²) in [7, 11) is 0. The summed E-state index contributed by atoms with van der Waals surface area (Å²) >= 11 is 7.56. The molecule has 1 aromatic heterocycles. The van der Waals surface area contributed by atoms with Crippen LogP contribution in [0.2, 0.25) is 5.02 Å². The molecule has 1 aliphatic rings. The fraction of sp³-hybridized carbons (Fsp3) is 0.231. The number of nitrogens with zero attached hydrogens (tertiary/aromatic N) is 1. The number of carbonyl (C=O) groups is 1. The zero-order valence-corrected chi connectivity index (χ0v) is 11.0. The van der Waals surface area contributed by atoms with Crippen LogP contribution in [-0.4, -0.2) is 10.9 Å². The van der Waals surface area contributed by atoms with Gasteiger partial charge in [0, 0.05) is 22.5 Å². The minimum absolute atomic E-state index is 0.0220. The lowest BCUT2D eigenvalue weighted by Crippen LogP contribution is -2.14. The number of nitrogens with one attached hydrogen (secondary N) is 1. The first-order valence-electron chi connectivity index (χ1n) is 5.70. The van der Waals surface area contributed by atoms with Gasteiger partial charge in [-0.15, -0.1) is 11.3 Å². The summed E-state index contributed by atoms with van der Waals surface area (Å²) in [4.78, 5) is 16.0. The third-order valence-corrected chi connectivity index (χ3v) is 4.13. The van der Waals surface area contributed by atoms with Gasteiger partial charge in [0.25, 0.3) is 0 Å². The molecule has 1 saturated carbocycles. The minimum Gasteiger partial charge on any atom is -0.302 e. The lowest BCUT2D eigenvalue weighted by molar-refractivity contribution is -0.117. The normalized spacial score (nSPS) is 21.6. The van der Waals surface area contributed by atoms with Gasteiger partial charge in [0.1, 0.15) is 0 Å². The Labute approximate surface area is 114 Å². The molecule has 0 bridgehead atoms. The average Bonchev–Trinajstić information content (AvgIpc) is 3.00. The average molecular weight is 279 g/mol. The van der Waals surface area contributed by atoms with Gasteiger partial charge in [0.2, 0.25) is 5.91 Å². The molecule has 0 aliphatic heterocycles. The molecule has 1 aromatic carbocycles.